The Hall–Kier alpha value is -2.08. The first-order chi connectivity index (χ1) is 8.93. The quantitative estimate of drug-likeness (QED) is 0.757. The van der Waals surface area contributed by atoms with Crippen LogP contribution in [0.3, 0.4) is 0 Å². The van der Waals surface area contributed by atoms with Crippen molar-refractivity contribution in [2.24, 2.45) is 0 Å². The second-order valence-electron chi connectivity index (χ2n) is 4.07. The fourth-order valence-electron chi connectivity index (χ4n) is 1.36. The summed E-state index contributed by atoms with van der Waals surface area (Å²) in [5.41, 5.74) is 0.759. The minimum absolute atomic E-state index is 0.490. The van der Waals surface area contributed by atoms with Crippen molar-refractivity contribution in [3.63, 3.8) is 0 Å². The molecule has 0 aromatic heterocycles. The zero-order chi connectivity index (χ0) is 14.4. The minimum Gasteiger partial charge on any atom is -0.481 e. The molecule has 0 bridgehead atoms. The molecule has 0 aliphatic heterocycles. The van der Waals surface area contributed by atoms with E-state index in [1.165, 1.54) is 7.05 Å². The molecule has 0 spiro atoms. The third-order valence-electron chi connectivity index (χ3n) is 2.51. The Morgan fingerprint density at radius 2 is 1.79 bits per heavy atom. The molecule has 2 atom stereocenters. The van der Waals surface area contributed by atoms with Gasteiger partial charge in [0.15, 0.2) is 6.10 Å². The van der Waals surface area contributed by atoms with E-state index in [1.54, 1.807) is 38.1 Å². The van der Waals surface area contributed by atoms with Gasteiger partial charge in [-0.3, -0.25) is 10.1 Å². The van der Waals surface area contributed by atoms with E-state index in [-0.39, 0.29) is 0 Å². The molecule has 1 aromatic carbocycles. The number of hydrogen-bond acceptors (Lipinski definition) is 4. The molecule has 3 N–H and O–H groups in total. The number of imide groups is 1. The third-order valence-corrected chi connectivity index (χ3v) is 2.51. The molecule has 0 saturated carbocycles. The van der Waals surface area contributed by atoms with Gasteiger partial charge in [-0.15, -0.1) is 0 Å². The average molecular weight is 266 g/mol. The zero-order valence-electron chi connectivity index (χ0n) is 11.1. The van der Waals surface area contributed by atoms with Crippen LogP contribution in [0.15, 0.2) is 24.3 Å². The second kappa shape index (κ2) is 6.75. The maximum Gasteiger partial charge on any atom is 0.321 e. The number of amides is 3. The summed E-state index contributed by atoms with van der Waals surface area (Å²) in [6.07, 6.45) is -1.35. The van der Waals surface area contributed by atoms with Crippen molar-refractivity contribution in [2.45, 2.75) is 26.1 Å². The van der Waals surface area contributed by atoms with Crippen molar-refractivity contribution in [2.75, 3.05) is 7.05 Å². The summed E-state index contributed by atoms with van der Waals surface area (Å²) in [7, 11) is 1.42. The lowest BCUT2D eigenvalue weighted by molar-refractivity contribution is -0.126. The van der Waals surface area contributed by atoms with Crippen LogP contribution in [0.5, 0.6) is 5.75 Å². The van der Waals surface area contributed by atoms with Crippen LogP contribution in [0, 0.1) is 0 Å². The van der Waals surface area contributed by atoms with E-state index < -0.39 is 24.1 Å². The molecule has 6 heteroatoms. The summed E-state index contributed by atoms with van der Waals surface area (Å²) < 4.78 is 5.38. The number of ether oxygens (including phenoxy) is 1. The lowest BCUT2D eigenvalue weighted by Gasteiger charge is -2.14. The van der Waals surface area contributed by atoms with Gasteiger partial charge in [0.2, 0.25) is 0 Å². The molecule has 1 rings (SSSR count). The van der Waals surface area contributed by atoms with E-state index in [4.69, 9.17) is 4.74 Å². The lowest BCUT2D eigenvalue weighted by Crippen LogP contribution is -2.43. The van der Waals surface area contributed by atoms with Crippen LogP contribution in [-0.2, 0) is 4.79 Å². The molecular weight excluding hydrogens is 248 g/mol. The van der Waals surface area contributed by atoms with E-state index in [2.05, 4.69) is 10.6 Å². The molecule has 1 unspecified atom stereocenters. The summed E-state index contributed by atoms with van der Waals surface area (Å²) in [6.45, 7) is 3.20. The number of aliphatic hydroxyl groups is 1. The van der Waals surface area contributed by atoms with Crippen LogP contribution >= 0.6 is 0 Å². The van der Waals surface area contributed by atoms with Gasteiger partial charge in [0.1, 0.15) is 5.75 Å². The van der Waals surface area contributed by atoms with Gasteiger partial charge >= 0.3 is 6.03 Å². The fourth-order valence-corrected chi connectivity index (χ4v) is 1.36. The monoisotopic (exact) mass is 266 g/mol. The summed E-state index contributed by atoms with van der Waals surface area (Å²) >= 11 is 0. The van der Waals surface area contributed by atoms with E-state index in [0.717, 1.165) is 5.56 Å². The highest BCUT2D eigenvalue weighted by atomic mass is 16.5. The first-order valence-electron chi connectivity index (χ1n) is 5.91. The maximum atomic E-state index is 11.6. The highest BCUT2D eigenvalue weighted by Gasteiger charge is 2.16. The SMILES string of the molecule is CNC(=O)NC(=O)C(C)Oc1ccc([C@@H](C)O)cc1. The van der Waals surface area contributed by atoms with E-state index in [9.17, 15) is 14.7 Å². The van der Waals surface area contributed by atoms with Crippen molar-refractivity contribution in [1.29, 1.82) is 0 Å². The first-order valence-corrected chi connectivity index (χ1v) is 5.91. The predicted octanol–water partition coefficient (Wildman–Crippen LogP) is 0.963. The Morgan fingerprint density at radius 1 is 1.21 bits per heavy atom. The van der Waals surface area contributed by atoms with Crippen molar-refractivity contribution in [3.05, 3.63) is 29.8 Å². The number of carbonyl (C=O) groups is 2. The summed E-state index contributed by atoms with van der Waals surface area (Å²) in [5.74, 6) is -0.0390. The lowest BCUT2D eigenvalue weighted by atomic mass is 10.1. The first kappa shape index (κ1) is 15.0. The van der Waals surface area contributed by atoms with Crippen LogP contribution in [0.25, 0.3) is 0 Å². The molecule has 0 aliphatic rings. The van der Waals surface area contributed by atoms with Gasteiger partial charge in [0, 0.05) is 7.05 Å². The Labute approximate surface area is 111 Å². The van der Waals surface area contributed by atoms with E-state index >= 15 is 0 Å². The summed E-state index contributed by atoms with van der Waals surface area (Å²) in [5, 5.41) is 13.8. The standard InChI is InChI=1S/C13H18N2O4/c1-8(16)10-4-6-11(7-5-10)19-9(2)12(17)15-13(18)14-3/h4-9,16H,1-3H3,(H2,14,15,17,18)/t8-,9?/m1/s1. The van der Waals surface area contributed by atoms with Gasteiger partial charge in [-0.25, -0.2) is 4.79 Å². The van der Waals surface area contributed by atoms with Gasteiger partial charge in [-0.2, -0.15) is 0 Å². The minimum atomic E-state index is -0.797. The molecule has 0 heterocycles. The molecule has 3 amide bonds. The predicted molar refractivity (Wildman–Crippen MR) is 69.8 cm³/mol. The van der Waals surface area contributed by atoms with Gasteiger partial charge < -0.3 is 15.2 Å². The fraction of sp³-hybridized carbons (Fsp3) is 0.385. The smallest absolute Gasteiger partial charge is 0.321 e. The van der Waals surface area contributed by atoms with Gasteiger partial charge in [0.25, 0.3) is 5.91 Å². The number of aliphatic hydroxyl groups excluding tert-OH is 1. The number of nitrogens with one attached hydrogen (secondary N) is 2. The van der Waals surface area contributed by atoms with Gasteiger partial charge in [-0.1, -0.05) is 12.1 Å². The Kier molecular flexibility index (Phi) is 5.32. The van der Waals surface area contributed by atoms with Gasteiger partial charge in [0.05, 0.1) is 6.10 Å². The molecular formula is C13H18N2O4. The topological polar surface area (TPSA) is 87.7 Å². The van der Waals surface area contributed by atoms with Gasteiger partial charge in [-0.05, 0) is 31.5 Å². The molecule has 19 heavy (non-hydrogen) atoms. The maximum absolute atomic E-state index is 11.6. The number of urea groups is 1. The third kappa shape index (κ3) is 4.59. The van der Waals surface area contributed by atoms with E-state index in [1.807, 2.05) is 0 Å². The molecule has 1 aromatic rings. The molecule has 0 aliphatic carbocycles. The van der Waals surface area contributed by atoms with Crippen LogP contribution in [0.2, 0.25) is 0 Å². The number of carbonyl (C=O) groups excluding carboxylic acids is 2. The van der Waals surface area contributed by atoms with E-state index in [0.29, 0.717) is 5.75 Å². The molecule has 0 fully saturated rings. The van der Waals surface area contributed by atoms with Crippen molar-refractivity contribution in [1.82, 2.24) is 10.6 Å². The second-order valence-corrected chi connectivity index (χ2v) is 4.07. The number of rotatable bonds is 4. The van der Waals surface area contributed by atoms with Crippen LogP contribution in [0.1, 0.15) is 25.5 Å². The van der Waals surface area contributed by atoms with Crippen LogP contribution in [0.4, 0.5) is 4.79 Å². The van der Waals surface area contributed by atoms with Crippen LogP contribution in [-0.4, -0.2) is 30.2 Å². The number of hydrogen-bond donors (Lipinski definition) is 3. The van der Waals surface area contributed by atoms with Crippen LogP contribution < -0.4 is 15.4 Å². The largest absolute Gasteiger partial charge is 0.481 e. The summed E-state index contributed by atoms with van der Waals surface area (Å²) in [4.78, 5) is 22.5. The Morgan fingerprint density at radius 3 is 2.26 bits per heavy atom. The zero-order valence-corrected chi connectivity index (χ0v) is 11.1. The Bertz CT molecular complexity index is 442. The van der Waals surface area contributed by atoms with Crippen molar-refractivity contribution in [3.8, 4) is 5.75 Å². The Balaban J connectivity index is 2.58. The van der Waals surface area contributed by atoms with Crippen molar-refractivity contribution >= 4 is 11.9 Å². The highest BCUT2D eigenvalue weighted by molar-refractivity contribution is 5.96. The number of benzene rings is 1. The average Bonchev–Trinajstić information content (AvgIpc) is 2.38. The molecule has 0 radical (unpaired) electrons. The highest BCUT2D eigenvalue weighted by Crippen LogP contribution is 2.18. The van der Waals surface area contributed by atoms with Crippen molar-refractivity contribution < 1.29 is 19.4 Å². The normalized spacial score (nSPS) is 13.3. The summed E-state index contributed by atoms with van der Waals surface area (Å²) in [6, 6.07) is 6.16. The molecule has 104 valence electrons. The molecule has 0 saturated heterocycles. The molecule has 6 nitrogen and oxygen atoms in total.